The first-order valence-electron chi connectivity index (χ1n) is 26.3. The number of ether oxygens (including phenoxy) is 3. The largest absolute Gasteiger partial charge is 0.462 e. The van der Waals surface area contributed by atoms with Crippen molar-refractivity contribution in [2.24, 2.45) is 11.8 Å². The van der Waals surface area contributed by atoms with Crippen LogP contribution >= 0.6 is 0 Å². The van der Waals surface area contributed by atoms with Crippen LogP contribution in [0.5, 0.6) is 0 Å². The molecule has 6 nitrogen and oxygen atoms in total. The number of carbonyl (C=O) groups is 3. The van der Waals surface area contributed by atoms with E-state index >= 15 is 0 Å². The summed E-state index contributed by atoms with van der Waals surface area (Å²) in [5.74, 6) is 0.862. The fraction of sp³-hybridized carbons (Fsp3) is 0.943. The van der Waals surface area contributed by atoms with Crippen molar-refractivity contribution in [2.75, 3.05) is 13.2 Å². The highest BCUT2D eigenvalue weighted by Gasteiger charge is 2.19. The minimum Gasteiger partial charge on any atom is -0.462 e. The summed E-state index contributed by atoms with van der Waals surface area (Å²) < 4.78 is 16.7. The Morgan fingerprint density at radius 1 is 0.356 bits per heavy atom. The lowest BCUT2D eigenvalue weighted by Gasteiger charge is -2.18. The summed E-state index contributed by atoms with van der Waals surface area (Å²) in [7, 11) is 0. The summed E-state index contributed by atoms with van der Waals surface area (Å²) >= 11 is 0. The van der Waals surface area contributed by atoms with Gasteiger partial charge >= 0.3 is 17.9 Å². The molecule has 0 rings (SSSR count). The molecule has 0 fully saturated rings. The monoisotopic (exact) mass is 835 g/mol. The van der Waals surface area contributed by atoms with Crippen molar-refractivity contribution in [3.05, 3.63) is 0 Å². The van der Waals surface area contributed by atoms with Crippen molar-refractivity contribution in [2.45, 2.75) is 298 Å². The van der Waals surface area contributed by atoms with Gasteiger partial charge in [-0.2, -0.15) is 0 Å². The van der Waals surface area contributed by atoms with Crippen molar-refractivity contribution in [1.82, 2.24) is 0 Å². The molecule has 0 heterocycles. The maximum absolute atomic E-state index is 12.8. The van der Waals surface area contributed by atoms with Gasteiger partial charge in [0.05, 0.1) is 0 Å². The predicted octanol–water partition coefficient (Wildman–Crippen LogP) is 16.9. The summed E-state index contributed by atoms with van der Waals surface area (Å²) in [4.78, 5) is 37.8. The van der Waals surface area contributed by atoms with Gasteiger partial charge in [0, 0.05) is 19.3 Å². The van der Waals surface area contributed by atoms with Crippen molar-refractivity contribution in [1.29, 1.82) is 0 Å². The van der Waals surface area contributed by atoms with Gasteiger partial charge in [-0.3, -0.25) is 14.4 Å². The zero-order chi connectivity index (χ0) is 43.3. The Kier molecular flexibility index (Phi) is 44.7. The van der Waals surface area contributed by atoms with Crippen LogP contribution < -0.4 is 0 Å². The molecule has 0 N–H and O–H groups in total. The minimum atomic E-state index is -0.760. The first-order valence-corrected chi connectivity index (χ1v) is 26.3. The molecule has 0 aliphatic carbocycles. The molecule has 0 aliphatic rings. The molecule has 6 heteroatoms. The first kappa shape index (κ1) is 57.4. The van der Waals surface area contributed by atoms with Gasteiger partial charge in [-0.15, -0.1) is 0 Å². The standard InChI is InChI=1S/C53H102O6/c1-6-8-9-10-26-33-38-43-51(54)57-46-50(47-58-52(55)44-39-34-29-25-21-22-27-31-36-41-48(3)4)59-53(56)45-40-35-30-24-20-18-16-14-12-11-13-15-17-19-23-28-32-37-42-49(5)7-2/h48-50H,6-47H2,1-5H3/t49?,50-/m1/s1. The third-order valence-electron chi connectivity index (χ3n) is 12.3. The minimum absolute atomic E-state index is 0.0646. The second-order valence-electron chi connectivity index (χ2n) is 18.9. The second kappa shape index (κ2) is 45.9. The predicted molar refractivity (Wildman–Crippen MR) is 252 cm³/mol. The van der Waals surface area contributed by atoms with E-state index in [4.69, 9.17) is 14.2 Å². The van der Waals surface area contributed by atoms with Gasteiger partial charge in [0.2, 0.25) is 0 Å². The fourth-order valence-electron chi connectivity index (χ4n) is 7.96. The van der Waals surface area contributed by atoms with Gasteiger partial charge in [0.25, 0.3) is 0 Å². The van der Waals surface area contributed by atoms with E-state index in [0.29, 0.717) is 19.3 Å². The highest BCUT2D eigenvalue weighted by Crippen LogP contribution is 2.18. The molecule has 0 amide bonds. The Hall–Kier alpha value is -1.59. The van der Waals surface area contributed by atoms with Crippen LogP contribution in [0.1, 0.15) is 291 Å². The normalized spacial score (nSPS) is 12.5. The summed E-state index contributed by atoms with van der Waals surface area (Å²) in [6.45, 7) is 11.4. The lowest BCUT2D eigenvalue weighted by Crippen LogP contribution is -2.30. The molecule has 0 aliphatic heterocycles. The van der Waals surface area contributed by atoms with Crippen molar-refractivity contribution < 1.29 is 28.6 Å². The second-order valence-corrected chi connectivity index (χ2v) is 18.9. The van der Waals surface area contributed by atoms with E-state index < -0.39 is 6.10 Å². The van der Waals surface area contributed by atoms with Gasteiger partial charge in [-0.05, 0) is 31.1 Å². The van der Waals surface area contributed by atoms with Crippen molar-refractivity contribution in [3.63, 3.8) is 0 Å². The smallest absolute Gasteiger partial charge is 0.306 e. The third-order valence-corrected chi connectivity index (χ3v) is 12.3. The maximum Gasteiger partial charge on any atom is 0.306 e. The number of unbranched alkanes of at least 4 members (excludes halogenated alkanes) is 31. The maximum atomic E-state index is 12.8. The van der Waals surface area contributed by atoms with Crippen LogP contribution in [0.15, 0.2) is 0 Å². The van der Waals surface area contributed by atoms with Crippen molar-refractivity contribution in [3.8, 4) is 0 Å². The van der Waals surface area contributed by atoms with E-state index in [2.05, 4.69) is 34.6 Å². The number of esters is 3. The van der Waals surface area contributed by atoms with Crippen LogP contribution in [-0.4, -0.2) is 37.2 Å². The van der Waals surface area contributed by atoms with E-state index in [1.807, 2.05) is 0 Å². The Balaban J connectivity index is 4.13. The summed E-state index contributed by atoms with van der Waals surface area (Å²) in [6, 6.07) is 0. The first-order chi connectivity index (χ1) is 28.8. The molecule has 350 valence electrons. The zero-order valence-electron chi connectivity index (χ0n) is 40.4. The van der Waals surface area contributed by atoms with E-state index in [0.717, 1.165) is 69.6 Å². The molecule has 0 bridgehead atoms. The molecule has 0 aromatic heterocycles. The quantitative estimate of drug-likeness (QED) is 0.0345. The molecule has 0 saturated carbocycles. The van der Waals surface area contributed by atoms with E-state index in [1.54, 1.807) is 0 Å². The van der Waals surface area contributed by atoms with E-state index in [1.165, 1.54) is 180 Å². The van der Waals surface area contributed by atoms with Gasteiger partial charge in [-0.1, -0.05) is 253 Å². The molecular formula is C53H102O6. The van der Waals surface area contributed by atoms with Crippen LogP contribution in [0, 0.1) is 11.8 Å². The van der Waals surface area contributed by atoms with Gasteiger partial charge < -0.3 is 14.2 Å². The molecule has 59 heavy (non-hydrogen) atoms. The molecule has 0 radical (unpaired) electrons. The summed E-state index contributed by atoms with van der Waals surface area (Å²) in [5.41, 5.74) is 0. The molecule has 0 spiro atoms. The molecule has 0 aromatic carbocycles. The topological polar surface area (TPSA) is 78.9 Å². The highest BCUT2D eigenvalue weighted by molar-refractivity contribution is 5.71. The van der Waals surface area contributed by atoms with Crippen molar-refractivity contribution >= 4 is 17.9 Å². The van der Waals surface area contributed by atoms with Gasteiger partial charge in [0.1, 0.15) is 13.2 Å². The van der Waals surface area contributed by atoms with Gasteiger partial charge in [0.15, 0.2) is 6.10 Å². The molecular weight excluding hydrogens is 733 g/mol. The number of rotatable bonds is 47. The van der Waals surface area contributed by atoms with Crippen LogP contribution in [0.3, 0.4) is 0 Å². The van der Waals surface area contributed by atoms with Crippen LogP contribution in [0.25, 0.3) is 0 Å². The number of hydrogen-bond donors (Lipinski definition) is 0. The van der Waals surface area contributed by atoms with Crippen LogP contribution in [0.4, 0.5) is 0 Å². The Morgan fingerprint density at radius 3 is 0.966 bits per heavy atom. The van der Waals surface area contributed by atoms with Crippen LogP contribution in [0.2, 0.25) is 0 Å². The SMILES string of the molecule is CCCCCCCCCC(=O)OC[C@H](COC(=O)CCCCCCCCCCCC(C)C)OC(=O)CCCCCCCCCCCCCCCCCCCCC(C)CC. The molecule has 1 unspecified atom stereocenters. The van der Waals surface area contributed by atoms with E-state index in [-0.39, 0.29) is 31.1 Å². The van der Waals surface area contributed by atoms with Crippen LogP contribution in [-0.2, 0) is 28.6 Å². The highest BCUT2D eigenvalue weighted by atomic mass is 16.6. The van der Waals surface area contributed by atoms with E-state index in [9.17, 15) is 14.4 Å². The average Bonchev–Trinajstić information content (AvgIpc) is 3.22. The molecule has 0 saturated heterocycles. The number of hydrogen-bond acceptors (Lipinski definition) is 6. The average molecular weight is 835 g/mol. The Labute approximate surface area is 368 Å². The Morgan fingerprint density at radius 2 is 0.644 bits per heavy atom. The molecule has 0 aromatic rings. The summed E-state index contributed by atoms with van der Waals surface area (Å²) in [5, 5.41) is 0. The Bertz CT molecular complexity index is 902. The summed E-state index contributed by atoms with van der Waals surface area (Å²) in [6.07, 6.45) is 46.8. The zero-order valence-corrected chi connectivity index (χ0v) is 40.4. The van der Waals surface area contributed by atoms with Gasteiger partial charge in [-0.25, -0.2) is 0 Å². The molecule has 2 atom stereocenters. The lowest BCUT2D eigenvalue weighted by atomic mass is 9.99. The third kappa shape index (κ3) is 45.8. The number of carbonyl (C=O) groups excluding carboxylic acids is 3. The lowest BCUT2D eigenvalue weighted by molar-refractivity contribution is -0.167. The fourth-order valence-corrected chi connectivity index (χ4v) is 7.96.